The van der Waals surface area contributed by atoms with E-state index in [9.17, 15) is 9.90 Å². The maximum atomic E-state index is 12.3. The number of halogens is 1. The van der Waals surface area contributed by atoms with E-state index in [0.717, 1.165) is 46.8 Å². The van der Waals surface area contributed by atoms with Crippen LogP contribution in [-0.4, -0.2) is 55.4 Å². The van der Waals surface area contributed by atoms with Crippen LogP contribution in [0, 0.1) is 5.41 Å². The number of hydrogen-bond donors (Lipinski definition) is 3. The first-order valence-corrected chi connectivity index (χ1v) is 12.1. The van der Waals surface area contributed by atoms with Gasteiger partial charge in [-0.25, -0.2) is 9.67 Å². The molecule has 1 aliphatic rings. The molecule has 3 aromatic heterocycles. The molecule has 176 valence electrons. The first-order valence-electron chi connectivity index (χ1n) is 11.3. The second kappa shape index (κ2) is 8.92. The lowest BCUT2D eigenvalue weighted by Crippen LogP contribution is -2.35. The Morgan fingerprint density at radius 3 is 3.00 bits per heavy atom. The molecule has 0 spiro atoms. The number of nitrogens with one attached hydrogen (secondary N) is 2. The van der Waals surface area contributed by atoms with E-state index in [1.54, 1.807) is 24.1 Å². The van der Waals surface area contributed by atoms with Crippen molar-refractivity contribution in [1.29, 1.82) is 0 Å². The predicted octanol–water partition coefficient (Wildman–Crippen LogP) is 3.38. The van der Waals surface area contributed by atoms with Gasteiger partial charge in [-0.1, -0.05) is 13.0 Å². The van der Waals surface area contributed by atoms with Gasteiger partial charge in [0.2, 0.25) is 11.9 Å². The molecule has 0 aliphatic heterocycles. The number of aliphatic hydroxyl groups excluding tert-OH is 1. The first-order chi connectivity index (χ1) is 16.4. The first kappa shape index (κ1) is 22.7. The monoisotopic (exact) mass is 523 g/mol. The molecule has 0 bridgehead atoms. The number of aliphatic hydroxyl groups is 1. The molecule has 3 N–H and O–H groups in total. The summed E-state index contributed by atoms with van der Waals surface area (Å²) in [5, 5.41) is 22.2. The highest BCUT2D eigenvalue weighted by atomic mass is 79.9. The summed E-state index contributed by atoms with van der Waals surface area (Å²) in [6, 6.07) is 8.01. The van der Waals surface area contributed by atoms with Gasteiger partial charge in [-0.15, -0.1) is 0 Å². The maximum absolute atomic E-state index is 12.3. The molecular formula is C24H26BrN7O2. The Morgan fingerprint density at radius 2 is 2.21 bits per heavy atom. The molecule has 2 atom stereocenters. The lowest BCUT2D eigenvalue weighted by molar-refractivity contribution is -0.129. The zero-order valence-electron chi connectivity index (χ0n) is 19.0. The summed E-state index contributed by atoms with van der Waals surface area (Å²) in [7, 11) is 1.68. The Bertz CT molecular complexity index is 1390. The molecule has 0 saturated heterocycles. The summed E-state index contributed by atoms with van der Waals surface area (Å²) < 4.78 is 2.43. The number of pyridine rings is 1. The average molecular weight is 524 g/mol. The standard InChI is InChI=1S/C24H26BrN7O2/c1-24(22(34)26-2)7-5-16(12-24)29-23-28-13-18-20(25)31-32(21(18)30-23)17-10-14-4-3-8-27-19(14)15(11-17)6-9-33/h3-4,8,10-11,13,16,33H,5-7,9,12H2,1-2H3,(H,26,34)(H,28,29,30)/t16-,24-/m1/s1. The van der Waals surface area contributed by atoms with E-state index in [4.69, 9.17) is 4.98 Å². The number of fused-ring (bicyclic) bond motifs is 2. The van der Waals surface area contributed by atoms with Crippen molar-refractivity contribution in [1.82, 2.24) is 30.0 Å². The van der Waals surface area contributed by atoms with Crippen LogP contribution >= 0.6 is 15.9 Å². The van der Waals surface area contributed by atoms with Crippen LogP contribution < -0.4 is 10.6 Å². The van der Waals surface area contributed by atoms with Crippen molar-refractivity contribution in [2.75, 3.05) is 19.0 Å². The van der Waals surface area contributed by atoms with Crippen molar-refractivity contribution in [3.8, 4) is 5.69 Å². The normalized spacial score (nSPS) is 20.2. The minimum atomic E-state index is -0.385. The second-order valence-electron chi connectivity index (χ2n) is 9.01. The van der Waals surface area contributed by atoms with Crippen LogP contribution in [0.5, 0.6) is 0 Å². The molecule has 1 saturated carbocycles. The fourth-order valence-corrected chi connectivity index (χ4v) is 5.29. The summed E-state index contributed by atoms with van der Waals surface area (Å²) in [6.45, 7) is 2.04. The van der Waals surface area contributed by atoms with Crippen LogP contribution in [0.1, 0.15) is 31.7 Å². The van der Waals surface area contributed by atoms with Crippen LogP contribution in [0.15, 0.2) is 41.3 Å². The Hall–Kier alpha value is -3.11. The Balaban J connectivity index is 1.52. The molecule has 1 aromatic carbocycles. The molecule has 4 aromatic rings. The van der Waals surface area contributed by atoms with Crippen LogP contribution in [0.25, 0.3) is 27.6 Å². The number of amides is 1. The molecule has 34 heavy (non-hydrogen) atoms. The fourth-order valence-electron chi connectivity index (χ4n) is 4.86. The number of nitrogens with zero attached hydrogens (tertiary/aromatic N) is 5. The predicted molar refractivity (Wildman–Crippen MR) is 134 cm³/mol. The third-order valence-electron chi connectivity index (χ3n) is 6.62. The van der Waals surface area contributed by atoms with Crippen LogP contribution in [0.4, 0.5) is 5.95 Å². The van der Waals surface area contributed by atoms with Crippen molar-refractivity contribution in [2.24, 2.45) is 5.41 Å². The van der Waals surface area contributed by atoms with Crippen molar-refractivity contribution in [3.63, 3.8) is 0 Å². The number of carbonyl (C=O) groups excluding carboxylic acids is 1. The molecule has 0 radical (unpaired) electrons. The van der Waals surface area contributed by atoms with Gasteiger partial charge < -0.3 is 15.7 Å². The lowest BCUT2D eigenvalue weighted by atomic mass is 9.87. The molecule has 1 amide bonds. The fraction of sp³-hybridized carbons (Fsp3) is 0.375. The summed E-state index contributed by atoms with van der Waals surface area (Å²) in [6.07, 6.45) is 6.41. The van der Waals surface area contributed by atoms with E-state index in [0.29, 0.717) is 22.6 Å². The highest BCUT2D eigenvalue weighted by Gasteiger charge is 2.41. The SMILES string of the molecule is CNC(=O)[C@]1(C)CC[C@@H](Nc2ncc3c(Br)nn(-c4cc(CCO)c5ncccc5c4)c3n2)C1. The second-order valence-corrected chi connectivity index (χ2v) is 9.76. The number of rotatable bonds is 6. The number of hydrogen-bond acceptors (Lipinski definition) is 7. The number of carbonyl (C=O) groups is 1. The molecule has 9 nitrogen and oxygen atoms in total. The largest absolute Gasteiger partial charge is 0.396 e. The minimum Gasteiger partial charge on any atom is -0.396 e. The van der Waals surface area contributed by atoms with Gasteiger partial charge in [0.1, 0.15) is 4.60 Å². The van der Waals surface area contributed by atoms with Crippen molar-refractivity contribution in [3.05, 3.63) is 46.8 Å². The van der Waals surface area contributed by atoms with Crippen LogP contribution in [0.3, 0.4) is 0 Å². The number of anilines is 1. The zero-order valence-corrected chi connectivity index (χ0v) is 20.6. The van der Waals surface area contributed by atoms with Gasteiger partial charge in [0, 0.05) is 42.9 Å². The van der Waals surface area contributed by atoms with E-state index >= 15 is 0 Å². The van der Waals surface area contributed by atoms with Gasteiger partial charge in [-0.3, -0.25) is 9.78 Å². The summed E-state index contributed by atoms with van der Waals surface area (Å²) in [5.74, 6) is 0.574. The molecule has 10 heteroatoms. The molecule has 5 rings (SSSR count). The molecule has 1 fully saturated rings. The van der Waals surface area contributed by atoms with E-state index in [2.05, 4.69) is 41.6 Å². The highest BCUT2D eigenvalue weighted by molar-refractivity contribution is 9.10. The van der Waals surface area contributed by atoms with Crippen LogP contribution in [-0.2, 0) is 11.2 Å². The quantitative estimate of drug-likeness (QED) is 0.354. The van der Waals surface area contributed by atoms with E-state index in [-0.39, 0.29) is 24.0 Å². The van der Waals surface area contributed by atoms with Gasteiger partial charge in [0.25, 0.3) is 0 Å². The maximum Gasteiger partial charge on any atom is 0.225 e. The van der Waals surface area contributed by atoms with Crippen molar-refractivity contribution in [2.45, 2.75) is 38.6 Å². The summed E-state index contributed by atoms with van der Waals surface area (Å²) >= 11 is 3.54. The minimum absolute atomic E-state index is 0.0330. The van der Waals surface area contributed by atoms with Crippen molar-refractivity contribution >= 4 is 49.7 Å². The summed E-state index contributed by atoms with van der Waals surface area (Å²) in [4.78, 5) is 26.0. The zero-order chi connectivity index (χ0) is 23.9. The summed E-state index contributed by atoms with van der Waals surface area (Å²) in [5.41, 5.74) is 2.92. The van der Waals surface area contributed by atoms with Gasteiger partial charge >= 0.3 is 0 Å². The topological polar surface area (TPSA) is 118 Å². The molecule has 1 aliphatic carbocycles. The van der Waals surface area contributed by atoms with E-state index in [1.807, 2.05) is 31.2 Å². The Labute approximate surface area is 205 Å². The number of benzene rings is 1. The number of aromatic nitrogens is 5. The third kappa shape index (κ3) is 4.01. The molecule has 0 unspecified atom stereocenters. The lowest BCUT2D eigenvalue weighted by Gasteiger charge is -2.22. The average Bonchev–Trinajstić information content (AvgIpc) is 3.38. The van der Waals surface area contributed by atoms with E-state index < -0.39 is 0 Å². The smallest absolute Gasteiger partial charge is 0.225 e. The Morgan fingerprint density at radius 1 is 1.35 bits per heavy atom. The molecule has 3 heterocycles. The highest BCUT2D eigenvalue weighted by Crippen LogP contribution is 2.39. The van der Waals surface area contributed by atoms with Gasteiger partial charge in [-0.2, -0.15) is 10.1 Å². The molecular weight excluding hydrogens is 498 g/mol. The third-order valence-corrected chi connectivity index (χ3v) is 7.21. The van der Waals surface area contributed by atoms with Gasteiger partial charge in [-0.05, 0) is 65.4 Å². The van der Waals surface area contributed by atoms with Crippen LogP contribution in [0.2, 0.25) is 0 Å². The van der Waals surface area contributed by atoms with Gasteiger partial charge in [0.05, 0.1) is 16.6 Å². The van der Waals surface area contributed by atoms with E-state index in [1.165, 1.54) is 0 Å². The Kier molecular flexibility index (Phi) is 5.95. The van der Waals surface area contributed by atoms with Crippen molar-refractivity contribution < 1.29 is 9.90 Å². The van der Waals surface area contributed by atoms with Gasteiger partial charge in [0.15, 0.2) is 5.65 Å².